The molecule has 0 amide bonds. The molecule has 0 radical (unpaired) electrons. The number of phenolic OH excluding ortho intramolecular Hbond substituents is 4. The third-order valence-electron chi connectivity index (χ3n) is 14.6. The Morgan fingerprint density at radius 1 is 0.272 bits per heavy atom. The van der Waals surface area contributed by atoms with E-state index in [9.17, 15) is 38.7 Å². The fourth-order valence-electron chi connectivity index (χ4n) is 10.9. The first kappa shape index (κ1) is 74.9. The molecule has 10 aromatic rings. The van der Waals surface area contributed by atoms with Crippen molar-refractivity contribution in [2.45, 2.75) is 65.2 Å². The van der Waals surface area contributed by atoms with Crippen molar-refractivity contribution in [2.75, 3.05) is 39.8 Å². The van der Waals surface area contributed by atoms with Gasteiger partial charge in [0.15, 0.2) is 0 Å². The van der Waals surface area contributed by atoms with Crippen molar-refractivity contribution in [1.29, 1.82) is 0 Å². The highest BCUT2D eigenvalue weighted by molar-refractivity contribution is 7.68. The van der Waals surface area contributed by atoms with Crippen molar-refractivity contribution in [1.82, 2.24) is 0 Å². The van der Waals surface area contributed by atoms with Gasteiger partial charge in [0.1, 0.15) is 23.0 Å². The zero-order valence-electron chi connectivity index (χ0n) is 51.5. The molecule has 92 heavy (non-hydrogen) atoms. The van der Waals surface area contributed by atoms with Crippen molar-refractivity contribution in [3.63, 3.8) is 0 Å². The maximum atomic E-state index is 14.1. The molecule has 16 heteroatoms. The molecular weight excluding hydrogens is 1230 g/mol. The first-order valence-electron chi connectivity index (χ1n) is 29.8. The zero-order valence-corrected chi connectivity index (χ0v) is 55.1. The van der Waals surface area contributed by atoms with E-state index in [-0.39, 0.29) is 37.9 Å². The van der Waals surface area contributed by atoms with Gasteiger partial charge >= 0.3 is 0 Å². The molecule has 0 aromatic heterocycles. The van der Waals surface area contributed by atoms with Gasteiger partial charge in [-0.05, 0) is 98.5 Å². The molecule has 8 atom stereocenters. The molecule has 484 valence electrons. The summed E-state index contributed by atoms with van der Waals surface area (Å²) in [7, 11) is -12.5. The molecule has 0 heterocycles. The normalized spacial score (nSPS) is 14.7. The van der Waals surface area contributed by atoms with Crippen LogP contribution in [0.5, 0.6) is 23.0 Å². The standard InChI is InChI=1S/2C21H21O3P.2C16H19O3P.2CH4/c2*1-2-24-25(23,18-13-7-4-8-14-18)21(17-11-5-3-6-12-17)19-15-9-10-16-20(19)22;2*1-3-19-20(2,18)16(13-9-5-4-6-10-13)14-11-7-8-12-15(14)17;;/h2*3-16,21-22H,2H2,1H3;2*4-12,16-17H,3H2,1-2H3;2*1H4/t21-,25+;21-,25-;16-,20+;16-,20-;;/m0110../s1. The monoisotopic (exact) mass is 1320 g/mol. The predicted octanol–water partition coefficient (Wildman–Crippen LogP) is 20.4. The first-order valence-corrected chi connectivity index (χ1v) is 37.5. The fraction of sp³-hybridized carbons (Fsp3) is 0.211. The van der Waals surface area contributed by atoms with Crippen LogP contribution in [0.4, 0.5) is 0 Å². The minimum Gasteiger partial charge on any atom is -0.508 e. The van der Waals surface area contributed by atoms with Crippen LogP contribution >= 0.6 is 29.5 Å². The molecule has 4 N–H and O–H groups in total. The number of benzene rings is 10. The Hall–Kier alpha value is -7.84. The van der Waals surface area contributed by atoms with Crippen LogP contribution in [0.3, 0.4) is 0 Å². The Morgan fingerprint density at radius 3 is 0.674 bits per heavy atom. The van der Waals surface area contributed by atoms with E-state index in [4.69, 9.17) is 18.1 Å². The molecule has 0 saturated carbocycles. The number of para-hydroxylation sites is 4. The molecule has 0 aliphatic carbocycles. The number of rotatable bonds is 22. The first-order chi connectivity index (χ1) is 43.4. The Labute approximate surface area is 545 Å². The molecule has 10 rings (SSSR count). The SMILES string of the molecule is C.C.CCO[P@](=O)(c1ccccc1)[C@@H](c1ccccc1)c1ccccc1O.CCO[P@](=O)(c1ccccc1)[C@H](c1ccccc1)c1ccccc1O.CCO[P@](C)(=O)[C@@H](c1ccccc1)c1ccccc1O.CCO[P@](C)(=O)[C@H](c1ccccc1)c1ccccc1O. The molecule has 0 spiro atoms. The molecule has 0 saturated heterocycles. The Morgan fingerprint density at radius 2 is 0.457 bits per heavy atom. The summed E-state index contributed by atoms with van der Waals surface area (Å²) in [5, 5.41) is 42.4. The van der Waals surface area contributed by atoms with Crippen LogP contribution in [0.15, 0.2) is 279 Å². The molecule has 10 aromatic carbocycles. The number of hydrogen-bond acceptors (Lipinski definition) is 12. The highest BCUT2D eigenvalue weighted by Gasteiger charge is 2.42. The quantitative estimate of drug-likeness (QED) is 0.0471. The van der Waals surface area contributed by atoms with E-state index >= 15 is 0 Å². The van der Waals surface area contributed by atoms with Crippen molar-refractivity contribution >= 4 is 40.1 Å². The van der Waals surface area contributed by atoms with E-state index in [1.807, 2.05) is 246 Å². The van der Waals surface area contributed by atoms with Crippen LogP contribution in [0.2, 0.25) is 0 Å². The second-order valence-corrected chi connectivity index (χ2v) is 31.0. The fourth-order valence-corrected chi connectivity index (χ4v) is 20.5. The van der Waals surface area contributed by atoms with E-state index in [0.29, 0.717) is 59.3 Å². The molecule has 0 fully saturated rings. The van der Waals surface area contributed by atoms with Crippen molar-refractivity contribution in [3.8, 4) is 23.0 Å². The van der Waals surface area contributed by atoms with E-state index in [0.717, 1.165) is 22.3 Å². The average molecular weight is 1320 g/mol. The minimum atomic E-state index is -3.31. The second kappa shape index (κ2) is 36.4. The maximum Gasteiger partial charge on any atom is 0.243 e. The molecule has 0 aliphatic heterocycles. The number of aromatic hydroxyl groups is 4. The van der Waals surface area contributed by atoms with Gasteiger partial charge < -0.3 is 38.5 Å². The van der Waals surface area contributed by atoms with Gasteiger partial charge in [-0.3, -0.25) is 18.3 Å². The molecule has 0 aliphatic rings. The third kappa shape index (κ3) is 19.1. The summed E-state index contributed by atoms with van der Waals surface area (Å²) in [4.78, 5) is 0. The van der Waals surface area contributed by atoms with Gasteiger partial charge in [0, 0.05) is 46.2 Å². The Balaban J connectivity index is 0.000000222. The van der Waals surface area contributed by atoms with Gasteiger partial charge in [-0.2, -0.15) is 0 Å². The van der Waals surface area contributed by atoms with Crippen LogP contribution in [0.25, 0.3) is 0 Å². The summed E-state index contributed by atoms with van der Waals surface area (Å²) in [6.45, 7) is 12.0. The summed E-state index contributed by atoms with van der Waals surface area (Å²) in [5.74, 6) is 0.519. The van der Waals surface area contributed by atoms with Crippen LogP contribution in [-0.2, 0) is 36.4 Å². The Kier molecular flexibility index (Phi) is 29.6. The maximum absolute atomic E-state index is 14.1. The van der Waals surface area contributed by atoms with Gasteiger partial charge in [0.2, 0.25) is 29.5 Å². The van der Waals surface area contributed by atoms with Crippen LogP contribution in [0, 0.1) is 0 Å². The lowest BCUT2D eigenvalue weighted by Crippen LogP contribution is -2.15. The summed E-state index contributed by atoms with van der Waals surface area (Å²) in [6.07, 6.45) is 0. The van der Waals surface area contributed by atoms with Crippen LogP contribution in [-0.4, -0.2) is 60.2 Å². The van der Waals surface area contributed by atoms with Crippen LogP contribution in [0.1, 0.15) is 110 Å². The van der Waals surface area contributed by atoms with Gasteiger partial charge in [-0.15, -0.1) is 0 Å². The number of hydrogen-bond donors (Lipinski definition) is 4. The summed E-state index contributed by atoms with van der Waals surface area (Å²) in [6, 6.07) is 84.7. The minimum absolute atomic E-state index is 0. The van der Waals surface area contributed by atoms with Gasteiger partial charge in [-0.1, -0.05) is 245 Å². The largest absolute Gasteiger partial charge is 0.508 e. The van der Waals surface area contributed by atoms with Gasteiger partial charge in [0.25, 0.3) is 0 Å². The highest BCUT2D eigenvalue weighted by atomic mass is 31.2. The van der Waals surface area contributed by atoms with Crippen molar-refractivity contribution < 1.29 is 56.8 Å². The Bertz CT molecular complexity index is 3720. The predicted molar refractivity (Wildman–Crippen MR) is 380 cm³/mol. The third-order valence-corrected chi connectivity index (χ3v) is 25.1. The molecule has 0 unspecified atom stereocenters. The highest BCUT2D eigenvalue weighted by Crippen LogP contribution is 2.65. The average Bonchev–Trinajstić information content (AvgIpc) is 0.823. The van der Waals surface area contributed by atoms with Crippen molar-refractivity contribution in [3.05, 3.63) is 324 Å². The van der Waals surface area contributed by atoms with Gasteiger partial charge in [-0.25, -0.2) is 0 Å². The lowest BCUT2D eigenvalue weighted by Gasteiger charge is -2.29. The zero-order chi connectivity index (χ0) is 64.6. The van der Waals surface area contributed by atoms with E-state index < -0.39 is 52.1 Å². The summed E-state index contributed by atoms with van der Waals surface area (Å²) in [5.41, 5.74) is 3.90. The van der Waals surface area contributed by atoms with Crippen molar-refractivity contribution in [2.24, 2.45) is 0 Å². The van der Waals surface area contributed by atoms with E-state index in [1.54, 1.807) is 74.0 Å². The smallest absolute Gasteiger partial charge is 0.243 e. The second-order valence-electron chi connectivity index (χ2n) is 20.8. The lowest BCUT2D eigenvalue weighted by atomic mass is 10.0. The number of phenols is 4. The molecule has 0 bridgehead atoms. The molecule has 12 nitrogen and oxygen atoms in total. The van der Waals surface area contributed by atoms with E-state index in [2.05, 4.69) is 0 Å². The van der Waals surface area contributed by atoms with Crippen LogP contribution < -0.4 is 10.6 Å². The topological polar surface area (TPSA) is 186 Å². The lowest BCUT2D eigenvalue weighted by molar-refractivity contribution is 0.331. The molecular formula is C76H88O12P4. The van der Waals surface area contributed by atoms with Gasteiger partial charge in [0.05, 0.1) is 49.1 Å². The summed E-state index contributed by atoms with van der Waals surface area (Å²) >= 11 is 0. The summed E-state index contributed by atoms with van der Waals surface area (Å²) < 4.78 is 76.9. The van der Waals surface area contributed by atoms with E-state index in [1.165, 1.54) is 0 Å².